The van der Waals surface area contributed by atoms with Crippen LogP contribution in [0.15, 0.2) is 42.5 Å². The molecule has 7 nitrogen and oxygen atoms in total. The van der Waals surface area contributed by atoms with Gasteiger partial charge in [0.2, 0.25) is 5.91 Å². The number of nitrogens with one attached hydrogen (secondary N) is 1. The number of aliphatic hydroxyl groups excluding tert-OH is 3. The molecule has 1 heterocycles. The third kappa shape index (κ3) is 5.54. The molecule has 162 valence electrons. The molecule has 1 unspecified atom stereocenters. The van der Waals surface area contributed by atoms with E-state index in [0.29, 0.717) is 24.3 Å². The lowest BCUT2D eigenvalue weighted by molar-refractivity contribution is -0.193. The largest absolute Gasteiger partial charge is 0.491 e. The number of aliphatic hydroxyl groups is 3. The molecule has 30 heavy (non-hydrogen) atoms. The highest BCUT2D eigenvalue weighted by atomic mass is 19.1. The van der Waals surface area contributed by atoms with Crippen LogP contribution in [0.3, 0.4) is 0 Å². The molecule has 4 N–H and O–H groups in total. The summed E-state index contributed by atoms with van der Waals surface area (Å²) in [5.74, 6) is -0.00698. The van der Waals surface area contributed by atoms with Gasteiger partial charge in [-0.2, -0.15) is 0 Å². The van der Waals surface area contributed by atoms with E-state index in [9.17, 15) is 24.5 Å². The number of hydrogen-bond acceptors (Lipinski definition) is 6. The molecular weight excluding hydrogens is 393 g/mol. The summed E-state index contributed by atoms with van der Waals surface area (Å²) in [6.45, 7) is 1.77. The number of hydrogen-bond donors (Lipinski definition) is 4. The van der Waals surface area contributed by atoms with E-state index in [1.54, 1.807) is 24.3 Å². The summed E-state index contributed by atoms with van der Waals surface area (Å²) in [7, 11) is 0. The zero-order valence-electron chi connectivity index (χ0n) is 16.6. The van der Waals surface area contributed by atoms with Crippen LogP contribution in [0, 0.1) is 5.82 Å². The van der Waals surface area contributed by atoms with Crippen LogP contribution >= 0.6 is 0 Å². The van der Waals surface area contributed by atoms with Crippen LogP contribution in [0.1, 0.15) is 12.5 Å². The molecule has 4 atom stereocenters. The first-order chi connectivity index (χ1) is 14.3. The predicted molar refractivity (Wildman–Crippen MR) is 107 cm³/mol. The van der Waals surface area contributed by atoms with E-state index >= 15 is 0 Å². The van der Waals surface area contributed by atoms with Gasteiger partial charge in [-0.25, -0.2) is 4.39 Å². The number of halogens is 1. The average molecular weight is 419 g/mol. The summed E-state index contributed by atoms with van der Waals surface area (Å²) in [4.78, 5) is 11.1. The van der Waals surface area contributed by atoms with Crippen molar-refractivity contribution >= 4 is 5.91 Å². The van der Waals surface area contributed by atoms with Gasteiger partial charge in [-0.3, -0.25) is 4.79 Å². The van der Waals surface area contributed by atoms with Crippen LogP contribution in [0.2, 0.25) is 0 Å². The van der Waals surface area contributed by atoms with Crippen molar-refractivity contribution in [1.82, 2.24) is 5.32 Å². The maximum Gasteiger partial charge on any atom is 0.216 e. The molecule has 3 rings (SSSR count). The van der Waals surface area contributed by atoms with Crippen LogP contribution in [0.5, 0.6) is 5.75 Å². The predicted octanol–water partition coefficient (Wildman–Crippen LogP) is 1.03. The average Bonchev–Trinajstić information content (AvgIpc) is 2.72. The Balaban J connectivity index is 1.77. The van der Waals surface area contributed by atoms with Crippen molar-refractivity contribution in [1.29, 1.82) is 0 Å². The van der Waals surface area contributed by atoms with Crippen molar-refractivity contribution in [3.63, 3.8) is 0 Å². The molecule has 1 fully saturated rings. The van der Waals surface area contributed by atoms with E-state index in [2.05, 4.69) is 5.32 Å². The molecule has 1 aliphatic heterocycles. The lowest BCUT2D eigenvalue weighted by atomic mass is 9.97. The normalized spacial score (nSPS) is 23.8. The van der Waals surface area contributed by atoms with Crippen molar-refractivity contribution in [2.45, 2.75) is 37.8 Å². The van der Waals surface area contributed by atoms with Gasteiger partial charge in [0, 0.05) is 13.5 Å². The highest BCUT2D eigenvalue weighted by molar-refractivity contribution is 5.73. The van der Waals surface area contributed by atoms with Crippen molar-refractivity contribution in [2.24, 2.45) is 0 Å². The lowest BCUT2D eigenvalue weighted by Crippen LogP contribution is -2.54. The number of carbonyl (C=O) groups excluding carboxylic acids is 1. The fourth-order valence-electron chi connectivity index (χ4n) is 3.35. The van der Waals surface area contributed by atoms with Gasteiger partial charge in [-0.1, -0.05) is 18.2 Å². The molecule has 1 saturated heterocycles. The molecule has 1 amide bonds. The number of benzene rings is 2. The minimum absolute atomic E-state index is 0.0290. The highest BCUT2D eigenvalue weighted by Gasteiger charge is 2.37. The van der Waals surface area contributed by atoms with Crippen molar-refractivity contribution < 1.29 is 34.0 Å². The van der Waals surface area contributed by atoms with E-state index < -0.39 is 24.4 Å². The molecule has 0 radical (unpaired) electrons. The number of rotatable bonds is 7. The minimum Gasteiger partial charge on any atom is -0.491 e. The maximum atomic E-state index is 13.8. The molecule has 8 heteroatoms. The number of ether oxygens (including phenoxy) is 2. The SMILES string of the molecule is CC(=O)NCCc1ccc(OCC2OC[C@@H](O)[C@H](O)[C@H]2O)cc1-c1cccc(F)c1. The van der Waals surface area contributed by atoms with Crippen molar-refractivity contribution in [3.05, 3.63) is 53.8 Å². The fourth-order valence-corrected chi connectivity index (χ4v) is 3.35. The van der Waals surface area contributed by atoms with Gasteiger partial charge in [-0.05, 0) is 47.4 Å². The summed E-state index contributed by atoms with van der Waals surface area (Å²) in [6.07, 6.45) is -3.95. The first-order valence-electron chi connectivity index (χ1n) is 9.77. The second-order valence-electron chi connectivity index (χ2n) is 7.29. The Morgan fingerprint density at radius 3 is 2.73 bits per heavy atom. The van der Waals surface area contributed by atoms with Gasteiger partial charge in [-0.15, -0.1) is 0 Å². The molecule has 2 aromatic rings. The Kier molecular flexibility index (Phi) is 7.38. The zero-order chi connectivity index (χ0) is 21.7. The van der Waals surface area contributed by atoms with Crippen molar-refractivity contribution in [3.8, 4) is 16.9 Å². The van der Waals surface area contributed by atoms with Crippen LogP contribution in [0.4, 0.5) is 4.39 Å². The Labute approximate surface area is 174 Å². The lowest BCUT2D eigenvalue weighted by Gasteiger charge is -2.35. The molecular formula is C22H26FNO6. The van der Waals surface area contributed by atoms with Gasteiger partial charge in [0.1, 0.15) is 42.6 Å². The topological polar surface area (TPSA) is 108 Å². The summed E-state index contributed by atoms with van der Waals surface area (Å²) in [5, 5.41) is 32.1. The first kappa shape index (κ1) is 22.2. The smallest absolute Gasteiger partial charge is 0.216 e. The van der Waals surface area contributed by atoms with E-state index in [4.69, 9.17) is 9.47 Å². The van der Waals surface area contributed by atoms with Crippen molar-refractivity contribution in [2.75, 3.05) is 19.8 Å². The first-order valence-corrected chi connectivity index (χ1v) is 9.77. The monoisotopic (exact) mass is 419 g/mol. The maximum absolute atomic E-state index is 13.8. The molecule has 2 aromatic carbocycles. The third-order valence-corrected chi connectivity index (χ3v) is 5.01. The summed E-state index contributed by atoms with van der Waals surface area (Å²) in [5.41, 5.74) is 2.35. The Hall–Kier alpha value is -2.52. The molecule has 0 spiro atoms. The summed E-state index contributed by atoms with van der Waals surface area (Å²) in [6, 6.07) is 11.5. The van der Waals surface area contributed by atoms with Gasteiger partial charge < -0.3 is 30.1 Å². The van der Waals surface area contributed by atoms with Crippen LogP contribution < -0.4 is 10.1 Å². The summed E-state index contributed by atoms with van der Waals surface area (Å²) < 4.78 is 24.9. The third-order valence-electron chi connectivity index (χ3n) is 5.01. The fraction of sp³-hybridized carbons (Fsp3) is 0.409. The van der Waals surface area contributed by atoms with Gasteiger partial charge >= 0.3 is 0 Å². The van der Waals surface area contributed by atoms with Crippen LogP contribution in [0.25, 0.3) is 11.1 Å². The standard InChI is InChI=1S/C22H26FNO6/c1-13(25)24-8-7-14-5-6-17(10-18(14)15-3-2-4-16(23)9-15)29-12-20-22(28)21(27)19(26)11-30-20/h2-6,9-10,19-22,26-28H,7-8,11-12H2,1H3,(H,24,25)/t19-,20?,21+,22+/m1/s1. The minimum atomic E-state index is -1.30. The van der Waals surface area contributed by atoms with Crippen LogP contribution in [-0.4, -0.2) is 65.4 Å². The quantitative estimate of drug-likeness (QED) is 0.534. The number of amides is 1. The molecule has 0 aliphatic carbocycles. The molecule has 0 aromatic heterocycles. The van der Waals surface area contributed by atoms with E-state index in [1.165, 1.54) is 19.1 Å². The van der Waals surface area contributed by atoms with E-state index in [0.717, 1.165) is 11.1 Å². The molecule has 0 bridgehead atoms. The van der Waals surface area contributed by atoms with Crippen LogP contribution in [-0.2, 0) is 16.0 Å². The van der Waals surface area contributed by atoms with Gasteiger partial charge in [0.25, 0.3) is 0 Å². The highest BCUT2D eigenvalue weighted by Crippen LogP contribution is 2.29. The Morgan fingerprint density at radius 2 is 2.00 bits per heavy atom. The molecule has 0 saturated carbocycles. The second kappa shape index (κ2) is 9.99. The second-order valence-corrected chi connectivity index (χ2v) is 7.29. The Bertz CT molecular complexity index is 876. The summed E-state index contributed by atoms with van der Waals surface area (Å²) >= 11 is 0. The van der Waals surface area contributed by atoms with Gasteiger partial charge in [0.05, 0.1) is 6.61 Å². The number of carbonyl (C=O) groups is 1. The Morgan fingerprint density at radius 1 is 1.20 bits per heavy atom. The van der Waals surface area contributed by atoms with Gasteiger partial charge in [0.15, 0.2) is 0 Å². The van der Waals surface area contributed by atoms with E-state index in [-0.39, 0.29) is 24.9 Å². The zero-order valence-corrected chi connectivity index (χ0v) is 16.6. The molecule has 1 aliphatic rings. The van der Waals surface area contributed by atoms with E-state index in [1.807, 2.05) is 6.07 Å².